The van der Waals surface area contributed by atoms with E-state index in [4.69, 9.17) is 0 Å². The molecule has 1 heterocycles. The van der Waals surface area contributed by atoms with Gasteiger partial charge in [0.1, 0.15) is 5.37 Å². The standard InChI is InChI=1S/C15H11NS/c1-2-6-12(7-3-1)10-11-15-16-13-8-4-5-9-14(13)17-15/h1-9,15-16H. The van der Waals surface area contributed by atoms with E-state index in [9.17, 15) is 0 Å². The molecule has 0 aliphatic carbocycles. The zero-order valence-electron chi connectivity index (χ0n) is 9.18. The first-order valence-corrected chi connectivity index (χ1v) is 6.38. The van der Waals surface area contributed by atoms with E-state index in [1.807, 2.05) is 36.4 Å². The van der Waals surface area contributed by atoms with Crippen LogP contribution < -0.4 is 5.32 Å². The van der Waals surface area contributed by atoms with Crippen LogP contribution in [0.1, 0.15) is 5.56 Å². The zero-order valence-corrected chi connectivity index (χ0v) is 10.00. The molecule has 1 aliphatic heterocycles. The van der Waals surface area contributed by atoms with Crippen LogP contribution in [-0.4, -0.2) is 5.37 Å². The van der Waals surface area contributed by atoms with Gasteiger partial charge in [0.25, 0.3) is 0 Å². The predicted molar refractivity (Wildman–Crippen MR) is 73.0 cm³/mol. The summed E-state index contributed by atoms with van der Waals surface area (Å²) in [4.78, 5) is 1.28. The third-order valence-corrected chi connectivity index (χ3v) is 3.62. The lowest BCUT2D eigenvalue weighted by molar-refractivity contribution is 1.31. The van der Waals surface area contributed by atoms with Crippen LogP contribution in [0.4, 0.5) is 5.69 Å². The van der Waals surface area contributed by atoms with Crippen molar-refractivity contribution in [1.29, 1.82) is 0 Å². The molecule has 0 bridgehead atoms. The lowest BCUT2D eigenvalue weighted by Crippen LogP contribution is -2.06. The van der Waals surface area contributed by atoms with Gasteiger partial charge in [0.2, 0.25) is 0 Å². The molecule has 1 aliphatic rings. The Morgan fingerprint density at radius 3 is 2.53 bits per heavy atom. The number of hydrogen-bond acceptors (Lipinski definition) is 2. The molecule has 0 aromatic heterocycles. The van der Waals surface area contributed by atoms with Crippen LogP contribution in [0.25, 0.3) is 0 Å². The maximum atomic E-state index is 3.39. The molecule has 82 valence electrons. The molecule has 0 radical (unpaired) electrons. The fourth-order valence-corrected chi connectivity index (χ4v) is 2.69. The van der Waals surface area contributed by atoms with E-state index in [0.29, 0.717) is 0 Å². The van der Waals surface area contributed by atoms with Crippen LogP contribution in [0.5, 0.6) is 0 Å². The number of fused-ring (bicyclic) bond motifs is 1. The third-order valence-electron chi connectivity index (χ3n) is 2.54. The Bertz CT molecular complexity index is 556. The molecular formula is C15H11NS. The Balaban J connectivity index is 1.77. The Kier molecular flexibility index (Phi) is 2.77. The van der Waals surface area contributed by atoms with Gasteiger partial charge >= 0.3 is 0 Å². The molecule has 17 heavy (non-hydrogen) atoms. The minimum atomic E-state index is 0.160. The summed E-state index contributed by atoms with van der Waals surface area (Å²) in [6.45, 7) is 0. The van der Waals surface area contributed by atoms with Crippen LogP contribution in [0.3, 0.4) is 0 Å². The number of anilines is 1. The van der Waals surface area contributed by atoms with Crippen molar-refractivity contribution >= 4 is 17.4 Å². The number of rotatable bonds is 0. The largest absolute Gasteiger partial charge is 0.362 e. The van der Waals surface area contributed by atoms with Crippen molar-refractivity contribution in [2.45, 2.75) is 10.3 Å². The van der Waals surface area contributed by atoms with Gasteiger partial charge in [-0.15, -0.1) is 0 Å². The second kappa shape index (κ2) is 4.57. The van der Waals surface area contributed by atoms with Crippen LogP contribution in [-0.2, 0) is 0 Å². The van der Waals surface area contributed by atoms with Crippen LogP contribution in [0.2, 0.25) is 0 Å². The third kappa shape index (κ3) is 2.30. The fraction of sp³-hybridized carbons (Fsp3) is 0.0667. The highest BCUT2D eigenvalue weighted by Crippen LogP contribution is 2.37. The highest BCUT2D eigenvalue weighted by Gasteiger charge is 2.18. The summed E-state index contributed by atoms with van der Waals surface area (Å²) in [5, 5.41) is 3.55. The average Bonchev–Trinajstić information content (AvgIpc) is 2.80. The maximum absolute atomic E-state index is 3.39. The molecule has 3 rings (SSSR count). The molecule has 0 saturated carbocycles. The molecule has 1 nitrogen and oxygen atoms in total. The predicted octanol–water partition coefficient (Wildman–Crippen LogP) is 3.58. The van der Waals surface area contributed by atoms with Crippen molar-refractivity contribution in [3.05, 3.63) is 60.2 Å². The molecule has 0 amide bonds. The summed E-state index contributed by atoms with van der Waals surface area (Å²) in [5.41, 5.74) is 2.25. The fourth-order valence-electron chi connectivity index (χ4n) is 1.72. The summed E-state index contributed by atoms with van der Waals surface area (Å²) in [7, 11) is 0. The molecule has 0 saturated heterocycles. The highest BCUT2D eigenvalue weighted by molar-refractivity contribution is 8.00. The monoisotopic (exact) mass is 237 g/mol. The SMILES string of the molecule is C(#CC1Nc2ccccc2S1)c1ccccc1. The minimum Gasteiger partial charge on any atom is -0.362 e. The van der Waals surface area contributed by atoms with Gasteiger partial charge in [0.05, 0.1) is 0 Å². The molecule has 0 fully saturated rings. The van der Waals surface area contributed by atoms with E-state index in [0.717, 1.165) is 5.56 Å². The van der Waals surface area contributed by atoms with Crippen LogP contribution in [0.15, 0.2) is 59.5 Å². The smallest absolute Gasteiger partial charge is 0.140 e. The molecule has 2 heteroatoms. The van der Waals surface area contributed by atoms with Gasteiger partial charge < -0.3 is 5.32 Å². The van der Waals surface area contributed by atoms with Gasteiger partial charge in [-0.25, -0.2) is 0 Å². The summed E-state index contributed by atoms with van der Waals surface area (Å²) < 4.78 is 0. The van der Waals surface area contributed by atoms with Gasteiger partial charge in [-0.3, -0.25) is 0 Å². The van der Waals surface area contributed by atoms with E-state index in [2.05, 4.69) is 35.4 Å². The van der Waals surface area contributed by atoms with Gasteiger partial charge in [-0.05, 0) is 24.3 Å². The van der Waals surface area contributed by atoms with Crippen molar-refractivity contribution in [3.8, 4) is 11.8 Å². The maximum Gasteiger partial charge on any atom is 0.140 e. The first-order valence-electron chi connectivity index (χ1n) is 5.51. The summed E-state index contributed by atoms with van der Waals surface area (Å²) >= 11 is 1.77. The van der Waals surface area contributed by atoms with E-state index >= 15 is 0 Å². The minimum absolute atomic E-state index is 0.160. The molecule has 1 unspecified atom stereocenters. The van der Waals surface area contributed by atoms with Gasteiger partial charge in [0, 0.05) is 16.1 Å². The summed E-state index contributed by atoms with van der Waals surface area (Å²) in [5.74, 6) is 6.43. The number of thioether (sulfide) groups is 1. The second-order valence-electron chi connectivity index (χ2n) is 3.77. The van der Waals surface area contributed by atoms with E-state index in [1.54, 1.807) is 11.8 Å². The molecule has 2 aromatic rings. The molecule has 0 spiro atoms. The zero-order chi connectivity index (χ0) is 11.5. The lowest BCUT2D eigenvalue weighted by atomic mass is 10.2. The molecule has 1 atom stereocenters. The Hall–Kier alpha value is -1.85. The lowest BCUT2D eigenvalue weighted by Gasteiger charge is -2.00. The van der Waals surface area contributed by atoms with Crippen molar-refractivity contribution in [2.24, 2.45) is 0 Å². The molecule has 1 N–H and O–H groups in total. The summed E-state index contributed by atoms with van der Waals surface area (Å²) in [6.07, 6.45) is 0. The first-order chi connectivity index (χ1) is 8.42. The van der Waals surface area contributed by atoms with Crippen molar-refractivity contribution < 1.29 is 0 Å². The Morgan fingerprint density at radius 1 is 0.941 bits per heavy atom. The Labute approximate surface area is 105 Å². The van der Waals surface area contributed by atoms with Crippen LogP contribution >= 0.6 is 11.8 Å². The normalized spacial score (nSPS) is 16.6. The van der Waals surface area contributed by atoms with E-state index in [1.165, 1.54) is 10.6 Å². The van der Waals surface area contributed by atoms with E-state index in [-0.39, 0.29) is 5.37 Å². The molecule has 2 aromatic carbocycles. The number of para-hydroxylation sites is 1. The quantitative estimate of drug-likeness (QED) is 0.703. The molecular weight excluding hydrogens is 226 g/mol. The van der Waals surface area contributed by atoms with Crippen molar-refractivity contribution in [3.63, 3.8) is 0 Å². The Morgan fingerprint density at radius 2 is 1.71 bits per heavy atom. The van der Waals surface area contributed by atoms with E-state index < -0.39 is 0 Å². The average molecular weight is 237 g/mol. The van der Waals surface area contributed by atoms with Crippen molar-refractivity contribution in [1.82, 2.24) is 0 Å². The number of benzene rings is 2. The van der Waals surface area contributed by atoms with Crippen LogP contribution in [0, 0.1) is 11.8 Å². The summed E-state index contributed by atoms with van der Waals surface area (Å²) in [6, 6.07) is 18.4. The highest BCUT2D eigenvalue weighted by atomic mass is 32.2. The van der Waals surface area contributed by atoms with Crippen molar-refractivity contribution in [2.75, 3.05) is 5.32 Å². The van der Waals surface area contributed by atoms with Gasteiger partial charge in [-0.2, -0.15) is 0 Å². The van der Waals surface area contributed by atoms with Gasteiger partial charge in [0.15, 0.2) is 0 Å². The number of nitrogens with one attached hydrogen (secondary N) is 1. The second-order valence-corrected chi connectivity index (χ2v) is 4.92. The number of hydrogen-bond donors (Lipinski definition) is 1. The topological polar surface area (TPSA) is 12.0 Å². The van der Waals surface area contributed by atoms with Gasteiger partial charge in [-0.1, -0.05) is 53.9 Å². The first kappa shape index (κ1) is 10.3.